The summed E-state index contributed by atoms with van der Waals surface area (Å²) in [6.45, 7) is 6.20. The minimum Gasteiger partial charge on any atom is -0.343 e. The third-order valence-electron chi connectivity index (χ3n) is 5.15. The van der Waals surface area contributed by atoms with Crippen LogP contribution in [-0.4, -0.2) is 29.2 Å². The van der Waals surface area contributed by atoms with Crippen molar-refractivity contribution in [2.24, 2.45) is 5.92 Å². The number of nitrogens with one attached hydrogen (secondary N) is 1. The second kappa shape index (κ2) is 7.90. The molecule has 2 aliphatic heterocycles. The molecule has 27 heavy (non-hydrogen) atoms. The molecule has 1 N–H and O–H groups in total. The van der Waals surface area contributed by atoms with Gasteiger partial charge in [-0.25, -0.2) is 4.98 Å². The molecule has 4 rings (SSSR count). The van der Waals surface area contributed by atoms with Gasteiger partial charge in [0.15, 0.2) is 5.13 Å². The predicted octanol–water partition coefficient (Wildman–Crippen LogP) is 5.03. The van der Waals surface area contributed by atoms with Crippen molar-refractivity contribution in [2.75, 3.05) is 23.3 Å². The van der Waals surface area contributed by atoms with Crippen molar-refractivity contribution in [1.29, 1.82) is 0 Å². The van der Waals surface area contributed by atoms with Gasteiger partial charge >= 0.3 is 0 Å². The van der Waals surface area contributed by atoms with Gasteiger partial charge in [0.05, 0.1) is 5.25 Å². The highest BCUT2D eigenvalue weighted by molar-refractivity contribution is 8.03. The fraction of sp³-hybridized carbons (Fsp3) is 0.333. The monoisotopic (exact) mass is 397 g/mol. The molecule has 3 heterocycles. The topological polar surface area (TPSA) is 45.2 Å². The Balaban J connectivity index is 1.46. The smallest absolute Gasteiger partial charge is 0.238 e. The SMILES string of the molecule is CC1=C(c2ccc(NC(=O)C3SC=CC3C)cc2)CN(c2nccs2)CC1. The van der Waals surface area contributed by atoms with Gasteiger partial charge < -0.3 is 10.2 Å². The minimum atomic E-state index is -0.0279. The second-order valence-corrected chi connectivity index (χ2v) is 8.98. The molecule has 6 heteroatoms. The van der Waals surface area contributed by atoms with E-state index in [0.717, 1.165) is 30.3 Å². The molecule has 2 unspecified atom stereocenters. The summed E-state index contributed by atoms with van der Waals surface area (Å²) in [4.78, 5) is 19.2. The van der Waals surface area contributed by atoms with Crippen molar-refractivity contribution in [2.45, 2.75) is 25.5 Å². The number of thiazole rings is 1. The summed E-state index contributed by atoms with van der Waals surface area (Å²) in [6, 6.07) is 8.24. The van der Waals surface area contributed by atoms with Crippen LogP contribution in [-0.2, 0) is 4.79 Å². The Labute approximate surface area is 168 Å². The molecule has 0 spiro atoms. The number of rotatable bonds is 4. The highest BCUT2D eigenvalue weighted by Gasteiger charge is 2.27. The fourth-order valence-electron chi connectivity index (χ4n) is 3.48. The van der Waals surface area contributed by atoms with E-state index in [2.05, 4.69) is 47.3 Å². The van der Waals surface area contributed by atoms with Crippen molar-refractivity contribution in [3.8, 4) is 0 Å². The van der Waals surface area contributed by atoms with Crippen LogP contribution in [0.5, 0.6) is 0 Å². The van der Waals surface area contributed by atoms with E-state index in [0.29, 0.717) is 0 Å². The first-order valence-electron chi connectivity index (χ1n) is 9.18. The predicted molar refractivity (Wildman–Crippen MR) is 116 cm³/mol. The summed E-state index contributed by atoms with van der Waals surface area (Å²) >= 11 is 3.28. The van der Waals surface area contributed by atoms with E-state index in [-0.39, 0.29) is 17.1 Å². The number of carbonyl (C=O) groups is 1. The zero-order valence-corrected chi connectivity index (χ0v) is 17.1. The Hall–Kier alpha value is -2.05. The standard InChI is InChI=1S/C21H23N3OS2/c1-14-7-10-24(21-22-9-12-27-21)13-18(14)16-3-5-17(6-4-16)23-20(25)19-15(2)8-11-26-19/h3-6,8-9,11-12,15,19H,7,10,13H2,1-2H3,(H,23,25). The number of amides is 1. The molecule has 0 radical (unpaired) electrons. The first-order valence-corrected chi connectivity index (χ1v) is 11.0. The first-order chi connectivity index (χ1) is 13.1. The third kappa shape index (κ3) is 3.96. The van der Waals surface area contributed by atoms with Crippen LogP contribution in [0.4, 0.5) is 10.8 Å². The lowest BCUT2D eigenvalue weighted by Crippen LogP contribution is -2.30. The lowest BCUT2D eigenvalue weighted by Gasteiger charge is -2.30. The quantitative estimate of drug-likeness (QED) is 0.786. The molecule has 0 bridgehead atoms. The number of allylic oxidation sites excluding steroid dienone is 1. The van der Waals surface area contributed by atoms with Gasteiger partial charge in [-0.1, -0.05) is 30.7 Å². The van der Waals surface area contributed by atoms with Crippen LogP contribution >= 0.6 is 23.1 Å². The summed E-state index contributed by atoms with van der Waals surface area (Å²) < 4.78 is 0. The molecule has 4 nitrogen and oxygen atoms in total. The number of benzene rings is 1. The third-order valence-corrected chi connectivity index (χ3v) is 7.24. The zero-order chi connectivity index (χ0) is 18.8. The van der Waals surface area contributed by atoms with Crippen LogP contribution in [0.15, 0.2) is 52.9 Å². The highest BCUT2D eigenvalue weighted by Crippen LogP contribution is 2.32. The lowest BCUT2D eigenvalue weighted by atomic mass is 9.95. The fourth-order valence-corrected chi connectivity index (χ4v) is 5.18. The molecule has 0 saturated heterocycles. The van der Waals surface area contributed by atoms with Gasteiger partial charge in [0.2, 0.25) is 5.91 Å². The summed E-state index contributed by atoms with van der Waals surface area (Å²) in [6.07, 6.45) is 5.00. The van der Waals surface area contributed by atoms with Crippen LogP contribution in [0.3, 0.4) is 0 Å². The van der Waals surface area contributed by atoms with Gasteiger partial charge in [0, 0.05) is 30.4 Å². The lowest BCUT2D eigenvalue weighted by molar-refractivity contribution is -0.116. The van der Waals surface area contributed by atoms with Crippen LogP contribution in [0, 0.1) is 5.92 Å². The van der Waals surface area contributed by atoms with Gasteiger partial charge in [0.25, 0.3) is 0 Å². The molecule has 2 aromatic rings. The van der Waals surface area contributed by atoms with Crippen LogP contribution in [0.25, 0.3) is 5.57 Å². The molecule has 0 fully saturated rings. The Kier molecular flexibility index (Phi) is 5.36. The summed E-state index contributed by atoms with van der Waals surface area (Å²) in [5.74, 6) is 0.356. The molecule has 1 aromatic carbocycles. The maximum atomic E-state index is 12.4. The van der Waals surface area contributed by atoms with Crippen molar-refractivity contribution in [1.82, 2.24) is 4.98 Å². The van der Waals surface area contributed by atoms with Crippen molar-refractivity contribution < 1.29 is 4.79 Å². The normalized spacial score (nSPS) is 22.4. The molecular formula is C21H23N3OS2. The number of thioether (sulfide) groups is 1. The van der Waals surface area contributed by atoms with E-state index in [1.807, 2.05) is 29.1 Å². The summed E-state index contributed by atoms with van der Waals surface area (Å²) in [5.41, 5.74) is 4.87. The Bertz CT molecular complexity index is 871. The molecule has 2 atom stereocenters. The zero-order valence-electron chi connectivity index (χ0n) is 15.5. The van der Waals surface area contributed by atoms with E-state index in [1.165, 1.54) is 16.7 Å². The van der Waals surface area contributed by atoms with Gasteiger partial charge in [-0.2, -0.15) is 0 Å². The largest absolute Gasteiger partial charge is 0.343 e. The van der Waals surface area contributed by atoms with Crippen molar-refractivity contribution >= 4 is 45.4 Å². The van der Waals surface area contributed by atoms with E-state index in [1.54, 1.807) is 23.1 Å². The number of hydrogen-bond donors (Lipinski definition) is 1. The molecule has 0 saturated carbocycles. The summed E-state index contributed by atoms with van der Waals surface area (Å²) in [5, 5.41) is 8.15. The average molecular weight is 398 g/mol. The highest BCUT2D eigenvalue weighted by atomic mass is 32.2. The number of carbonyl (C=O) groups excluding carboxylic acids is 1. The van der Waals surface area contributed by atoms with Gasteiger partial charge in [-0.15, -0.1) is 23.1 Å². The molecule has 1 aromatic heterocycles. The second-order valence-electron chi connectivity index (χ2n) is 7.06. The molecular weight excluding hydrogens is 374 g/mol. The summed E-state index contributed by atoms with van der Waals surface area (Å²) in [7, 11) is 0. The van der Waals surface area contributed by atoms with Crippen LogP contribution in [0.1, 0.15) is 25.8 Å². The van der Waals surface area contributed by atoms with E-state index in [4.69, 9.17) is 0 Å². The average Bonchev–Trinajstić information content (AvgIpc) is 3.35. The number of anilines is 2. The molecule has 2 aliphatic rings. The van der Waals surface area contributed by atoms with E-state index in [9.17, 15) is 4.79 Å². The number of hydrogen-bond acceptors (Lipinski definition) is 5. The van der Waals surface area contributed by atoms with Crippen molar-refractivity contribution in [3.05, 3.63) is 58.5 Å². The number of aromatic nitrogens is 1. The van der Waals surface area contributed by atoms with Crippen molar-refractivity contribution in [3.63, 3.8) is 0 Å². The molecule has 0 aliphatic carbocycles. The Morgan fingerprint density at radius 3 is 2.78 bits per heavy atom. The first kappa shape index (κ1) is 18.3. The molecule has 140 valence electrons. The van der Waals surface area contributed by atoms with Gasteiger partial charge in [-0.3, -0.25) is 4.79 Å². The van der Waals surface area contributed by atoms with Crippen LogP contribution < -0.4 is 10.2 Å². The Morgan fingerprint density at radius 1 is 1.30 bits per heavy atom. The van der Waals surface area contributed by atoms with E-state index < -0.39 is 0 Å². The minimum absolute atomic E-state index is 0.0279. The van der Waals surface area contributed by atoms with Gasteiger partial charge in [0.1, 0.15) is 0 Å². The Morgan fingerprint density at radius 2 is 2.11 bits per heavy atom. The number of nitrogens with zero attached hydrogens (tertiary/aromatic N) is 2. The van der Waals surface area contributed by atoms with E-state index >= 15 is 0 Å². The van der Waals surface area contributed by atoms with Gasteiger partial charge in [-0.05, 0) is 47.9 Å². The molecule has 1 amide bonds. The van der Waals surface area contributed by atoms with Crippen LogP contribution in [0.2, 0.25) is 0 Å². The maximum absolute atomic E-state index is 12.4. The maximum Gasteiger partial charge on any atom is 0.238 e.